The van der Waals surface area contributed by atoms with E-state index >= 15 is 0 Å². The Labute approximate surface area is 151 Å². The predicted octanol–water partition coefficient (Wildman–Crippen LogP) is 0.391. The highest BCUT2D eigenvalue weighted by atomic mass is 127. The molecule has 0 atom stereocenters. The standard InChI is InChI=1S/C17H17N2OS.HI/c1-18-9-10-21-16(18)11-15-19(2)17-13-6-4-3-5-12(13)7-8-14(17)20-15;/h3-8,11H,9-10H2,1-2H3;1H/q+1;/p-1. The third-order valence-electron chi connectivity index (χ3n) is 4.04. The van der Waals surface area contributed by atoms with Gasteiger partial charge < -0.3 is 33.3 Å². The molecular formula is C17H17IN2OS. The molecule has 5 heteroatoms. The fourth-order valence-electron chi connectivity index (χ4n) is 2.85. The summed E-state index contributed by atoms with van der Waals surface area (Å²) in [6.07, 6.45) is 2.15. The van der Waals surface area contributed by atoms with Crippen molar-refractivity contribution in [3.63, 3.8) is 0 Å². The highest BCUT2D eigenvalue weighted by Crippen LogP contribution is 2.29. The zero-order chi connectivity index (χ0) is 14.4. The highest BCUT2D eigenvalue weighted by Gasteiger charge is 2.22. The molecule has 0 N–H and O–H groups in total. The zero-order valence-electron chi connectivity index (χ0n) is 12.5. The molecule has 0 aliphatic carbocycles. The zero-order valence-corrected chi connectivity index (χ0v) is 15.5. The second-order valence-corrected chi connectivity index (χ2v) is 6.50. The van der Waals surface area contributed by atoms with Crippen LogP contribution in [0.1, 0.15) is 5.89 Å². The second-order valence-electron chi connectivity index (χ2n) is 5.39. The number of hydrogen-bond donors (Lipinski definition) is 0. The summed E-state index contributed by atoms with van der Waals surface area (Å²) in [5, 5.41) is 3.75. The Bertz CT molecular complexity index is 872. The molecule has 114 valence electrons. The number of hydrogen-bond acceptors (Lipinski definition) is 3. The third kappa shape index (κ3) is 2.50. The van der Waals surface area contributed by atoms with Gasteiger partial charge in [-0.1, -0.05) is 24.3 Å². The predicted molar refractivity (Wildman–Crippen MR) is 88.0 cm³/mol. The number of rotatable bonds is 1. The van der Waals surface area contributed by atoms with E-state index in [1.807, 2.05) is 11.8 Å². The molecule has 0 spiro atoms. The van der Waals surface area contributed by atoms with Crippen LogP contribution in [0.15, 0.2) is 45.8 Å². The fraction of sp³-hybridized carbons (Fsp3) is 0.235. The molecule has 22 heavy (non-hydrogen) atoms. The van der Waals surface area contributed by atoms with Gasteiger partial charge in [0.05, 0.1) is 16.5 Å². The molecule has 1 saturated heterocycles. The number of nitrogens with zero attached hydrogens (tertiary/aromatic N) is 2. The van der Waals surface area contributed by atoms with E-state index in [4.69, 9.17) is 4.42 Å². The van der Waals surface area contributed by atoms with Crippen LogP contribution in [-0.4, -0.2) is 24.2 Å². The van der Waals surface area contributed by atoms with E-state index in [1.165, 1.54) is 15.8 Å². The fourth-order valence-corrected chi connectivity index (χ4v) is 3.92. The second kappa shape index (κ2) is 6.12. The minimum Gasteiger partial charge on any atom is -1.00 e. The summed E-state index contributed by atoms with van der Waals surface area (Å²) < 4.78 is 8.21. The summed E-state index contributed by atoms with van der Waals surface area (Å²) in [7, 11) is 4.20. The van der Waals surface area contributed by atoms with Gasteiger partial charge in [-0.2, -0.15) is 4.57 Å². The lowest BCUT2D eigenvalue weighted by Gasteiger charge is -2.08. The molecule has 1 aromatic heterocycles. The Hall–Kier alpha value is -1.21. The Morgan fingerprint density at radius 3 is 2.82 bits per heavy atom. The average Bonchev–Trinajstić information content (AvgIpc) is 3.04. The average molecular weight is 424 g/mol. The quantitative estimate of drug-likeness (QED) is 0.417. The Morgan fingerprint density at radius 2 is 2.05 bits per heavy atom. The van der Waals surface area contributed by atoms with Crippen molar-refractivity contribution in [2.45, 2.75) is 0 Å². The largest absolute Gasteiger partial charge is 1.00 e. The summed E-state index contributed by atoms with van der Waals surface area (Å²) in [4.78, 5) is 2.27. The number of aromatic nitrogens is 1. The Kier molecular flexibility index (Phi) is 4.36. The van der Waals surface area contributed by atoms with Crippen molar-refractivity contribution < 1.29 is 33.0 Å². The molecule has 1 aliphatic heterocycles. The first-order chi connectivity index (χ1) is 10.2. The van der Waals surface area contributed by atoms with Gasteiger partial charge >= 0.3 is 5.89 Å². The van der Waals surface area contributed by atoms with Crippen molar-refractivity contribution in [1.82, 2.24) is 4.90 Å². The van der Waals surface area contributed by atoms with Crippen molar-refractivity contribution in [1.29, 1.82) is 0 Å². The molecule has 0 amide bonds. The van der Waals surface area contributed by atoms with Crippen molar-refractivity contribution in [3.05, 3.63) is 47.3 Å². The molecule has 3 aromatic rings. The van der Waals surface area contributed by atoms with Gasteiger partial charge in [-0.25, -0.2) is 0 Å². The molecule has 0 saturated carbocycles. The van der Waals surface area contributed by atoms with Gasteiger partial charge in [0.2, 0.25) is 5.58 Å². The molecule has 1 fully saturated rings. The van der Waals surface area contributed by atoms with Gasteiger partial charge in [-0.05, 0) is 17.5 Å². The summed E-state index contributed by atoms with van der Waals surface area (Å²) in [6.45, 7) is 1.10. The van der Waals surface area contributed by atoms with Crippen LogP contribution in [0.2, 0.25) is 0 Å². The molecule has 2 heterocycles. The first kappa shape index (κ1) is 15.7. The SMILES string of the molecule is CN1CCSC1=Cc1oc2ccc3ccccc3c2[n+]1C.[I-]. The van der Waals surface area contributed by atoms with Gasteiger partial charge in [-0.15, -0.1) is 11.8 Å². The van der Waals surface area contributed by atoms with Crippen LogP contribution in [0.25, 0.3) is 27.9 Å². The molecule has 1 aliphatic rings. The van der Waals surface area contributed by atoms with E-state index in [2.05, 4.69) is 66.0 Å². The van der Waals surface area contributed by atoms with Crippen molar-refractivity contribution in [3.8, 4) is 0 Å². The number of thioether (sulfide) groups is 1. The monoisotopic (exact) mass is 424 g/mol. The Morgan fingerprint density at radius 1 is 1.23 bits per heavy atom. The third-order valence-corrected chi connectivity index (χ3v) is 5.16. The minimum atomic E-state index is 0. The minimum absolute atomic E-state index is 0. The number of halogens is 1. The van der Waals surface area contributed by atoms with Gasteiger partial charge in [0.15, 0.2) is 0 Å². The van der Waals surface area contributed by atoms with Crippen LogP contribution >= 0.6 is 11.8 Å². The molecule has 4 rings (SSSR count). The van der Waals surface area contributed by atoms with E-state index in [1.54, 1.807) is 0 Å². The van der Waals surface area contributed by atoms with Crippen molar-refractivity contribution in [2.24, 2.45) is 7.05 Å². The van der Waals surface area contributed by atoms with Gasteiger partial charge in [0, 0.05) is 19.3 Å². The van der Waals surface area contributed by atoms with Gasteiger partial charge in [0.25, 0.3) is 5.52 Å². The normalized spacial score (nSPS) is 16.6. The molecule has 0 unspecified atom stereocenters. The van der Waals surface area contributed by atoms with Crippen LogP contribution < -0.4 is 28.5 Å². The maximum absolute atomic E-state index is 6.06. The number of fused-ring (bicyclic) bond motifs is 3. The maximum Gasteiger partial charge on any atom is 0.376 e. The lowest BCUT2D eigenvalue weighted by molar-refractivity contribution is -0.651. The molecule has 2 aromatic carbocycles. The van der Waals surface area contributed by atoms with E-state index in [9.17, 15) is 0 Å². The molecule has 0 bridgehead atoms. The molecule has 3 nitrogen and oxygen atoms in total. The summed E-state index contributed by atoms with van der Waals surface area (Å²) in [6, 6.07) is 12.6. The Balaban J connectivity index is 0.00000144. The lowest BCUT2D eigenvalue weighted by Crippen LogP contribution is -3.00. The summed E-state index contributed by atoms with van der Waals surface area (Å²) in [5.41, 5.74) is 2.10. The van der Waals surface area contributed by atoms with Crippen molar-refractivity contribution in [2.75, 3.05) is 19.3 Å². The van der Waals surface area contributed by atoms with E-state index in [0.717, 1.165) is 29.3 Å². The summed E-state index contributed by atoms with van der Waals surface area (Å²) >= 11 is 1.88. The molecular weight excluding hydrogens is 407 g/mol. The summed E-state index contributed by atoms with van der Waals surface area (Å²) in [5.74, 6) is 2.05. The van der Waals surface area contributed by atoms with E-state index < -0.39 is 0 Å². The van der Waals surface area contributed by atoms with Crippen LogP contribution in [0, 0.1) is 0 Å². The van der Waals surface area contributed by atoms with E-state index in [-0.39, 0.29) is 24.0 Å². The first-order valence-corrected chi connectivity index (χ1v) is 8.08. The van der Waals surface area contributed by atoms with Crippen LogP contribution in [-0.2, 0) is 7.05 Å². The van der Waals surface area contributed by atoms with Crippen LogP contribution in [0.3, 0.4) is 0 Å². The number of benzene rings is 2. The number of oxazole rings is 1. The maximum atomic E-state index is 6.06. The van der Waals surface area contributed by atoms with E-state index in [0.29, 0.717) is 0 Å². The number of aryl methyl sites for hydroxylation is 1. The lowest BCUT2D eigenvalue weighted by atomic mass is 10.1. The smallest absolute Gasteiger partial charge is 0.376 e. The molecule has 0 radical (unpaired) electrons. The highest BCUT2D eigenvalue weighted by molar-refractivity contribution is 8.03. The van der Waals surface area contributed by atoms with Gasteiger partial charge in [-0.3, -0.25) is 0 Å². The first-order valence-electron chi connectivity index (χ1n) is 7.10. The van der Waals surface area contributed by atoms with Gasteiger partial charge in [0.1, 0.15) is 7.05 Å². The van der Waals surface area contributed by atoms with Crippen molar-refractivity contribution >= 4 is 39.7 Å². The van der Waals surface area contributed by atoms with Crippen LogP contribution in [0.4, 0.5) is 0 Å². The topological polar surface area (TPSA) is 20.3 Å². The van der Waals surface area contributed by atoms with Crippen LogP contribution in [0.5, 0.6) is 0 Å².